The third kappa shape index (κ3) is 5.57. The average Bonchev–Trinajstić information content (AvgIpc) is 3.61. The van der Waals surface area contributed by atoms with E-state index in [-0.39, 0.29) is 6.03 Å². The predicted octanol–water partition coefficient (Wildman–Crippen LogP) is 5.45. The monoisotopic (exact) mass is 490 g/mol. The number of aromatic nitrogens is 4. The number of thiazole rings is 1. The van der Waals surface area contributed by atoms with Crippen LogP contribution in [0, 0.1) is 6.92 Å². The highest BCUT2D eigenvalue weighted by Gasteiger charge is 2.16. The summed E-state index contributed by atoms with van der Waals surface area (Å²) in [6, 6.07) is 10.9. The van der Waals surface area contributed by atoms with Crippen LogP contribution in [0.5, 0.6) is 0 Å². The molecule has 35 heavy (non-hydrogen) atoms. The highest BCUT2D eigenvalue weighted by atomic mass is 32.1. The van der Waals surface area contributed by atoms with E-state index in [0.29, 0.717) is 23.7 Å². The highest BCUT2D eigenvalue weighted by molar-refractivity contribution is 7.18. The van der Waals surface area contributed by atoms with Crippen molar-refractivity contribution >= 4 is 45.6 Å². The lowest BCUT2D eigenvalue weighted by Crippen LogP contribution is -2.19. The van der Waals surface area contributed by atoms with Crippen molar-refractivity contribution in [3.05, 3.63) is 54.2 Å². The second-order valence-corrected chi connectivity index (χ2v) is 9.23. The van der Waals surface area contributed by atoms with Gasteiger partial charge >= 0.3 is 6.03 Å². The number of carbonyl (C=O) groups is 1. The van der Waals surface area contributed by atoms with Crippen LogP contribution in [0.25, 0.3) is 10.4 Å². The zero-order valence-corrected chi connectivity index (χ0v) is 20.4. The summed E-state index contributed by atoms with van der Waals surface area (Å²) in [4.78, 5) is 29.1. The minimum Gasteiger partial charge on any atom is -0.359 e. The quantitative estimate of drug-likeness (QED) is 0.313. The van der Waals surface area contributed by atoms with Gasteiger partial charge in [-0.1, -0.05) is 35.5 Å². The largest absolute Gasteiger partial charge is 0.359 e. The number of hydrogen-bond acceptors (Lipinski definition) is 9. The second kappa shape index (κ2) is 10.1. The molecule has 11 heteroatoms. The standard InChI is InChI=1S/C24H26N8O2S/c1-3-18-12-21(31-34-18)29-23(33)28-17-8-6-16(7-9-17)19-14-25-24(35-19)30-20-13-22(27-15(2)26-20)32-10-4-5-11-32/h6-9,12-14H,3-5,10-11H2,1-2H3,(H,25,26,27,30)(H2,28,29,31,33). The van der Waals surface area contributed by atoms with E-state index in [2.05, 4.69) is 41.0 Å². The maximum Gasteiger partial charge on any atom is 0.324 e. The molecule has 3 aromatic heterocycles. The van der Waals surface area contributed by atoms with E-state index < -0.39 is 0 Å². The Hall–Kier alpha value is -3.99. The molecule has 1 aliphatic rings. The number of nitrogens with zero attached hydrogens (tertiary/aromatic N) is 5. The molecule has 1 aliphatic heterocycles. The lowest BCUT2D eigenvalue weighted by Gasteiger charge is -2.17. The lowest BCUT2D eigenvalue weighted by molar-refractivity contribution is 0.262. The first-order chi connectivity index (χ1) is 17.1. The number of aryl methyl sites for hydroxylation is 2. The Kier molecular flexibility index (Phi) is 6.57. The molecule has 0 aliphatic carbocycles. The van der Waals surface area contributed by atoms with Crippen molar-refractivity contribution in [1.29, 1.82) is 0 Å². The third-order valence-electron chi connectivity index (χ3n) is 5.57. The van der Waals surface area contributed by atoms with Crippen LogP contribution in [0.15, 0.2) is 47.1 Å². The van der Waals surface area contributed by atoms with E-state index in [0.717, 1.165) is 46.1 Å². The SMILES string of the molecule is CCc1cc(NC(=O)Nc2ccc(-c3cnc(Nc4cc(N5CCCC5)nc(C)n4)s3)cc2)no1. The van der Waals surface area contributed by atoms with Crippen molar-refractivity contribution in [2.45, 2.75) is 33.1 Å². The van der Waals surface area contributed by atoms with Crippen LogP contribution in [-0.4, -0.2) is 39.2 Å². The van der Waals surface area contributed by atoms with Gasteiger partial charge in [0.25, 0.3) is 0 Å². The molecule has 0 saturated carbocycles. The Balaban J connectivity index is 1.21. The summed E-state index contributed by atoms with van der Waals surface area (Å²) in [6.07, 6.45) is 4.93. The van der Waals surface area contributed by atoms with E-state index in [1.165, 1.54) is 24.2 Å². The number of anilines is 5. The molecule has 1 fully saturated rings. The number of nitrogens with one attached hydrogen (secondary N) is 3. The van der Waals surface area contributed by atoms with Crippen LogP contribution in [0.3, 0.4) is 0 Å². The van der Waals surface area contributed by atoms with Gasteiger partial charge in [0.15, 0.2) is 10.9 Å². The Morgan fingerprint density at radius 1 is 1.09 bits per heavy atom. The fourth-order valence-corrected chi connectivity index (χ4v) is 4.66. The topological polar surface area (TPSA) is 121 Å². The molecule has 10 nitrogen and oxygen atoms in total. The Bertz CT molecular complexity index is 1310. The second-order valence-electron chi connectivity index (χ2n) is 8.20. The molecule has 0 unspecified atom stereocenters. The predicted molar refractivity (Wildman–Crippen MR) is 138 cm³/mol. The number of hydrogen-bond donors (Lipinski definition) is 3. The normalized spacial score (nSPS) is 13.1. The Morgan fingerprint density at radius 3 is 2.63 bits per heavy atom. The fraction of sp³-hybridized carbons (Fsp3) is 0.292. The van der Waals surface area contributed by atoms with Gasteiger partial charge < -0.3 is 20.1 Å². The van der Waals surface area contributed by atoms with Crippen molar-refractivity contribution in [2.75, 3.05) is 33.9 Å². The van der Waals surface area contributed by atoms with Crippen molar-refractivity contribution < 1.29 is 9.32 Å². The van der Waals surface area contributed by atoms with Crippen LogP contribution in [0.2, 0.25) is 0 Å². The summed E-state index contributed by atoms with van der Waals surface area (Å²) in [7, 11) is 0. The average molecular weight is 491 g/mol. The van der Waals surface area contributed by atoms with Crippen molar-refractivity contribution in [1.82, 2.24) is 20.1 Å². The fourth-order valence-electron chi connectivity index (χ4n) is 3.83. The van der Waals surface area contributed by atoms with Gasteiger partial charge in [0.1, 0.15) is 23.2 Å². The van der Waals surface area contributed by atoms with E-state index in [1.54, 1.807) is 6.07 Å². The molecule has 5 rings (SSSR count). The first kappa shape index (κ1) is 22.8. The van der Waals surface area contributed by atoms with Crippen molar-refractivity contribution in [3.63, 3.8) is 0 Å². The first-order valence-corrected chi connectivity index (χ1v) is 12.3. The molecule has 0 bridgehead atoms. The van der Waals surface area contributed by atoms with Crippen LogP contribution >= 0.6 is 11.3 Å². The summed E-state index contributed by atoms with van der Waals surface area (Å²) >= 11 is 1.54. The zero-order chi connectivity index (χ0) is 24.2. The van der Waals surface area contributed by atoms with Gasteiger partial charge in [0, 0.05) is 43.5 Å². The summed E-state index contributed by atoms with van der Waals surface area (Å²) in [5, 5.41) is 13.3. The first-order valence-electron chi connectivity index (χ1n) is 11.5. The molecule has 0 atom stereocenters. The summed E-state index contributed by atoms with van der Waals surface area (Å²) in [5.41, 5.74) is 1.67. The van der Waals surface area contributed by atoms with E-state index >= 15 is 0 Å². The molecule has 3 N–H and O–H groups in total. The minimum atomic E-state index is -0.383. The minimum absolute atomic E-state index is 0.382. The van der Waals surface area contributed by atoms with Gasteiger partial charge in [0.2, 0.25) is 0 Å². The molecule has 0 spiro atoms. The molecule has 180 valence electrons. The Labute approximate surface area is 206 Å². The third-order valence-corrected chi connectivity index (χ3v) is 6.53. The van der Waals surface area contributed by atoms with Gasteiger partial charge in [-0.15, -0.1) is 0 Å². The Morgan fingerprint density at radius 2 is 1.89 bits per heavy atom. The van der Waals surface area contributed by atoms with Gasteiger partial charge in [-0.25, -0.2) is 19.7 Å². The number of carbonyl (C=O) groups excluding carboxylic acids is 1. The van der Waals surface area contributed by atoms with Crippen molar-refractivity contribution in [3.8, 4) is 10.4 Å². The number of urea groups is 1. The van der Waals surface area contributed by atoms with E-state index in [4.69, 9.17) is 4.52 Å². The van der Waals surface area contributed by atoms with E-state index in [1.807, 2.05) is 50.4 Å². The van der Waals surface area contributed by atoms with Crippen molar-refractivity contribution in [2.24, 2.45) is 0 Å². The lowest BCUT2D eigenvalue weighted by atomic mass is 10.2. The van der Waals surface area contributed by atoms with Gasteiger partial charge in [-0.2, -0.15) is 0 Å². The molecule has 2 amide bonds. The van der Waals surface area contributed by atoms with Crippen LogP contribution in [0.4, 0.5) is 33.1 Å². The maximum atomic E-state index is 12.2. The molecular formula is C24H26N8O2S. The van der Waals surface area contributed by atoms with Gasteiger partial charge in [-0.05, 0) is 37.5 Å². The summed E-state index contributed by atoms with van der Waals surface area (Å²) in [6.45, 7) is 5.92. The molecule has 1 saturated heterocycles. The molecule has 4 aromatic rings. The van der Waals surface area contributed by atoms with Crippen LogP contribution in [0.1, 0.15) is 31.4 Å². The zero-order valence-electron chi connectivity index (χ0n) is 19.5. The van der Waals surface area contributed by atoms with E-state index in [9.17, 15) is 4.79 Å². The highest BCUT2D eigenvalue weighted by Crippen LogP contribution is 2.32. The number of benzene rings is 1. The summed E-state index contributed by atoms with van der Waals surface area (Å²) in [5.74, 6) is 3.52. The smallest absolute Gasteiger partial charge is 0.324 e. The number of rotatable bonds is 7. The van der Waals surface area contributed by atoms with Gasteiger partial charge in [0.05, 0.1) is 4.88 Å². The summed E-state index contributed by atoms with van der Waals surface area (Å²) < 4.78 is 5.09. The van der Waals surface area contributed by atoms with Crippen LogP contribution in [-0.2, 0) is 6.42 Å². The molecular weight excluding hydrogens is 464 g/mol. The van der Waals surface area contributed by atoms with Crippen LogP contribution < -0.4 is 20.9 Å². The maximum absolute atomic E-state index is 12.2. The molecule has 0 radical (unpaired) electrons. The molecule has 1 aromatic carbocycles. The molecule has 4 heterocycles. The van der Waals surface area contributed by atoms with Gasteiger partial charge in [-0.3, -0.25) is 5.32 Å². The number of amides is 2.